The molecule has 1 aliphatic carbocycles. The average Bonchev–Trinajstić information content (AvgIpc) is 3.35. The van der Waals surface area contributed by atoms with E-state index in [0.29, 0.717) is 30.7 Å². The second-order valence-corrected chi connectivity index (χ2v) is 6.59. The van der Waals surface area contributed by atoms with E-state index in [0.717, 1.165) is 44.9 Å². The molecule has 146 valence electrons. The maximum Gasteiger partial charge on any atom is 0.407 e. The Hall–Kier alpha value is -2.77. The number of anilines is 2. The number of H-pyrrole nitrogens is 1. The van der Waals surface area contributed by atoms with Gasteiger partial charge in [-0.25, -0.2) is 4.79 Å². The summed E-state index contributed by atoms with van der Waals surface area (Å²) in [5.41, 5.74) is 0. The molecule has 0 atom stereocenters. The maximum atomic E-state index is 11.6. The molecular formula is C19H27N5O3. The van der Waals surface area contributed by atoms with E-state index in [2.05, 4.69) is 25.8 Å². The topological polar surface area (TPSA) is 101 Å². The fraction of sp³-hybridized carbons (Fsp3) is 0.526. The van der Waals surface area contributed by atoms with Crippen molar-refractivity contribution in [1.82, 2.24) is 20.5 Å². The van der Waals surface area contributed by atoms with Gasteiger partial charge in [0.1, 0.15) is 11.9 Å². The Morgan fingerprint density at radius 1 is 1.15 bits per heavy atom. The van der Waals surface area contributed by atoms with Crippen LogP contribution in [0, 0.1) is 0 Å². The third-order valence-electron chi connectivity index (χ3n) is 4.40. The molecule has 1 aliphatic rings. The van der Waals surface area contributed by atoms with Crippen LogP contribution in [0.15, 0.2) is 30.5 Å². The van der Waals surface area contributed by atoms with Crippen LogP contribution >= 0.6 is 0 Å². The van der Waals surface area contributed by atoms with E-state index in [-0.39, 0.29) is 12.2 Å². The summed E-state index contributed by atoms with van der Waals surface area (Å²) in [5.74, 6) is 1.97. The highest BCUT2D eigenvalue weighted by atomic mass is 16.6. The van der Waals surface area contributed by atoms with Crippen LogP contribution in [0.1, 0.15) is 44.9 Å². The molecule has 0 aliphatic heterocycles. The summed E-state index contributed by atoms with van der Waals surface area (Å²) in [6, 6.07) is 7.40. The van der Waals surface area contributed by atoms with Crippen LogP contribution in [0.5, 0.6) is 5.88 Å². The number of amides is 1. The molecule has 8 heteroatoms. The molecule has 2 heterocycles. The minimum absolute atomic E-state index is 0.115. The maximum absolute atomic E-state index is 11.6. The first-order valence-corrected chi connectivity index (χ1v) is 9.61. The zero-order valence-electron chi connectivity index (χ0n) is 15.4. The first kappa shape index (κ1) is 19.0. The molecule has 1 fully saturated rings. The van der Waals surface area contributed by atoms with Gasteiger partial charge in [0.25, 0.3) is 0 Å². The SMILES string of the molecule is O=C(NCCCCCOc1cccc(Nc2cc[nH]n2)n1)OC1CCCC1. The van der Waals surface area contributed by atoms with Crippen molar-refractivity contribution in [3.8, 4) is 5.88 Å². The van der Waals surface area contributed by atoms with Gasteiger partial charge in [-0.3, -0.25) is 5.10 Å². The zero-order valence-corrected chi connectivity index (χ0v) is 15.4. The first-order valence-electron chi connectivity index (χ1n) is 9.61. The van der Waals surface area contributed by atoms with Crippen LogP contribution in [0.3, 0.4) is 0 Å². The molecule has 0 saturated heterocycles. The highest BCUT2D eigenvalue weighted by Crippen LogP contribution is 2.20. The first-order chi connectivity index (χ1) is 13.3. The number of ether oxygens (including phenoxy) is 2. The summed E-state index contributed by atoms with van der Waals surface area (Å²) < 4.78 is 11.0. The molecule has 0 spiro atoms. The van der Waals surface area contributed by atoms with E-state index >= 15 is 0 Å². The van der Waals surface area contributed by atoms with Crippen LogP contribution in [0.25, 0.3) is 0 Å². The highest BCUT2D eigenvalue weighted by molar-refractivity contribution is 5.67. The van der Waals surface area contributed by atoms with E-state index in [1.54, 1.807) is 6.20 Å². The third kappa shape index (κ3) is 6.80. The number of aromatic amines is 1. The van der Waals surface area contributed by atoms with E-state index < -0.39 is 0 Å². The van der Waals surface area contributed by atoms with Crippen molar-refractivity contribution in [1.29, 1.82) is 0 Å². The van der Waals surface area contributed by atoms with Crippen LogP contribution in [-0.2, 0) is 4.74 Å². The summed E-state index contributed by atoms with van der Waals surface area (Å²) in [5, 5.41) is 12.7. The van der Waals surface area contributed by atoms with Crippen molar-refractivity contribution in [2.75, 3.05) is 18.5 Å². The Bertz CT molecular complexity index is 686. The summed E-state index contributed by atoms with van der Waals surface area (Å²) in [4.78, 5) is 16.0. The van der Waals surface area contributed by atoms with E-state index in [1.165, 1.54) is 0 Å². The van der Waals surface area contributed by atoms with Crippen molar-refractivity contribution < 1.29 is 14.3 Å². The standard InChI is InChI=1S/C19H27N5O3/c25-19(27-15-7-2-3-8-15)20-12-4-1-5-14-26-18-10-6-9-16(23-18)22-17-11-13-21-24-17/h6,9-11,13,15H,1-5,7-8,12,14H2,(H,20,25)(H2,21,22,23,24). The van der Waals surface area contributed by atoms with Gasteiger partial charge in [-0.1, -0.05) is 6.07 Å². The number of nitrogens with zero attached hydrogens (tertiary/aromatic N) is 2. The molecule has 0 bridgehead atoms. The van der Waals surface area contributed by atoms with Gasteiger partial charge in [-0.2, -0.15) is 10.1 Å². The van der Waals surface area contributed by atoms with Gasteiger partial charge in [0, 0.05) is 24.9 Å². The van der Waals surface area contributed by atoms with Crippen molar-refractivity contribution in [3.63, 3.8) is 0 Å². The summed E-state index contributed by atoms with van der Waals surface area (Å²) >= 11 is 0. The largest absolute Gasteiger partial charge is 0.478 e. The quantitative estimate of drug-likeness (QED) is 0.548. The predicted octanol–water partition coefficient (Wildman–Crippen LogP) is 3.77. The van der Waals surface area contributed by atoms with Crippen LogP contribution in [0.4, 0.5) is 16.4 Å². The molecule has 0 radical (unpaired) electrons. The van der Waals surface area contributed by atoms with E-state index in [4.69, 9.17) is 9.47 Å². The second-order valence-electron chi connectivity index (χ2n) is 6.59. The highest BCUT2D eigenvalue weighted by Gasteiger charge is 2.18. The lowest BCUT2D eigenvalue weighted by Crippen LogP contribution is -2.28. The minimum Gasteiger partial charge on any atom is -0.478 e. The van der Waals surface area contributed by atoms with Gasteiger partial charge < -0.3 is 20.1 Å². The predicted molar refractivity (Wildman–Crippen MR) is 102 cm³/mol. The Morgan fingerprint density at radius 2 is 2.04 bits per heavy atom. The number of carbonyl (C=O) groups is 1. The molecule has 0 unspecified atom stereocenters. The molecule has 8 nitrogen and oxygen atoms in total. The summed E-state index contributed by atoms with van der Waals surface area (Å²) in [6.45, 7) is 1.22. The molecular weight excluding hydrogens is 346 g/mol. The van der Waals surface area contributed by atoms with Crippen LogP contribution in [0.2, 0.25) is 0 Å². The van der Waals surface area contributed by atoms with Crippen molar-refractivity contribution in [2.45, 2.75) is 51.0 Å². The molecule has 3 rings (SSSR count). The number of carbonyl (C=O) groups excluding carboxylic acids is 1. The lowest BCUT2D eigenvalue weighted by Gasteiger charge is -2.12. The number of alkyl carbamates (subject to hydrolysis) is 1. The Balaban J connectivity index is 1.24. The Kier molecular flexibility index (Phi) is 7.32. The summed E-state index contributed by atoms with van der Waals surface area (Å²) in [6.07, 6.45) is 8.65. The summed E-state index contributed by atoms with van der Waals surface area (Å²) in [7, 11) is 0. The number of hydrogen-bond acceptors (Lipinski definition) is 6. The van der Waals surface area contributed by atoms with E-state index in [1.807, 2.05) is 24.3 Å². The molecule has 1 saturated carbocycles. The number of hydrogen-bond donors (Lipinski definition) is 3. The lowest BCUT2D eigenvalue weighted by molar-refractivity contribution is 0.101. The zero-order chi connectivity index (χ0) is 18.7. The number of aromatic nitrogens is 3. The van der Waals surface area contributed by atoms with Gasteiger partial charge in [0.05, 0.1) is 6.61 Å². The van der Waals surface area contributed by atoms with E-state index in [9.17, 15) is 4.79 Å². The molecule has 2 aromatic rings. The van der Waals surface area contributed by atoms with Crippen molar-refractivity contribution in [2.24, 2.45) is 0 Å². The smallest absolute Gasteiger partial charge is 0.407 e. The van der Waals surface area contributed by atoms with Gasteiger partial charge >= 0.3 is 6.09 Å². The average molecular weight is 373 g/mol. The fourth-order valence-electron chi connectivity index (χ4n) is 3.00. The third-order valence-corrected chi connectivity index (χ3v) is 4.40. The van der Waals surface area contributed by atoms with Gasteiger partial charge in [0.15, 0.2) is 5.82 Å². The minimum atomic E-state index is -0.288. The van der Waals surface area contributed by atoms with Crippen LogP contribution in [-0.4, -0.2) is 40.5 Å². The second kappa shape index (κ2) is 10.4. The number of pyridine rings is 1. The van der Waals surface area contributed by atoms with Crippen molar-refractivity contribution >= 4 is 17.7 Å². The number of nitrogens with one attached hydrogen (secondary N) is 3. The monoisotopic (exact) mass is 373 g/mol. The molecule has 0 aromatic carbocycles. The molecule has 3 N–H and O–H groups in total. The Morgan fingerprint density at radius 3 is 2.85 bits per heavy atom. The lowest BCUT2D eigenvalue weighted by atomic mass is 10.2. The van der Waals surface area contributed by atoms with Crippen LogP contribution < -0.4 is 15.4 Å². The fourth-order valence-corrected chi connectivity index (χ4v) is 3.00. The molecule has 1 amide bonds. The van der Waals surface area contributed by atoms with Gasteiger partial charge in [-0.05, 0) is 51.0 Å². The Labute approximate surface area is 159 Å². The number of unbranched alkanes of at least 4 members (excludes halogenated alkanes) is 2. The molecule has 27 heavy (non-hydrogen) atoms. The number of rotatable bonds is 10. The van der Waals surface area contributed by atoms with Crippen molar-refractivity contribution in [3.05, 3.63) is 30.5 Å². The normalized spacial score (nSPS) is 14.1. The molecule has 2 aromatic heterocycles. The van der Waals surface area contributed by atoms with Gasteiger partial charge in [0.2, 0.25) is 5.88 Å². The van der Waals surface area contributed by atoms with Gasteiger partial charge in [-0.15, -0.1) is 0 Å².